The highest BCUT2D eigenvalue weighted by Crippen LogP contribution is 2.26. The number of hydrogen-bond donors (Lipinski definition) is 1. The van der Waals surface area contributed by atoms with Crippen LogP contribution in [0.2, 0.25) is 0 Å². The molecule has 0 radical (unpaired) electrons. The minimum Gasteiger partial charge on any atom is -0.457 e. The van der Waals surface area contributed by atoms with Crippen molar-refractivity contribution in [2.75, 3.05) is 7.05 Å². The number of rotatable bonds is 4. The van der Waals surface area contributed by atoms with Gasteiger partial charge in [0, 0.05) is 12.6 Å². The molecule has 0 fully saturated rings. The van der Waals surface area contributed by atoms with Gasteiger partial charge < -0.3 is 10.1 Å². The van der Waals surface area contributed by atoms with Crippen molar-refractivity contribution < 1.29 is 9.13 Å². The summed E-state index contributed by atoms with van der Waals surface area (Å²) in [6.07, 6.45) is 0. The highest BCUT2D eigenvalue weighted by atomic mass is 19.1. The molecular formula is C15H16FNO. The quantitative estimate of drug-likeness (QED) is 0.887. The monoisotopic (exact) mass is 245 g/mol. The van der Waals surface area contributed by atoms with E-state index in [-0.39, 0.29) is 5.82 Å². The van der Waals surface area contributed by atoms with E-state index in [0.717, 1.165) is 23.4 Å². The number of aryl methyl sites for hydroxylation is 1. The maximum atomic E-state index is 13.1. The van der Waals surface area contributed by atoms with Gasteiger partial charge in [0.1, 0.15) is 17.3 Å². The number of benzene rings is 2. The molecule has 94 valence electrons. The molecule has 0 unspecified atom stereocenters. The van der Waals surface area contributed by atoms with E-state index in [4.69, 9.17) is 4.74 Å². The molecule has 0 saturated heterocycles. The zero-order chi connectivity index (χ0) is 13.0. The lowest BCUT2D eigenvalue weighted by molar-refractivity contribution is 0.472. The average molecular weight is 245 g/mol. The molecule has 0 saturated carbocycles. The maximum absolute atomic E-state index is 13.1. The summed E-state index contributed by atoms with van der Waals surface area (Å²) in [4.78, 5) is 0. The van der Waals surface area contributed by atoms with Crippen LogP contribution in [0.25, 0.3) is 0 Å². The molecule has 0 bridgehead atoms. The Hall–Kier alpha value is -1.87. The molecule has 0 aliphatic carbocycles. The van der Waals surface area contributed by atoms with Crippen LogP contribution in [-0.2, 0) is 6.54 Å². The summed E-state index contributed by atoms with van der Waals surface area (Å²) in [5, 5.41) is 3.09. The molecule has 0 spiro atoms. The zero-order valence-electron chi connectivity index (χ0n) is 10.5. The highest BCUT2D eigenvalue weighted by molar-refractivity contribution is 5.40. The standard InChI is InChI=1S/C15H16FNO/c1-11-6-7-12(10-17-2)8-15(11)18-14-5-3-4-13(16)9-14/h3-9,17H,10H2,1-2H3. The molecule has 2 aromatic rings. The lowest BCUT2D eigenvalue weighted by Crippen LogP contribution is -2.05. The summed E-state index contributed by atoms with van der Waals surface area (Å²) >= 11 is 0. The van der Waals surface area contributed by atoms with E-state index in [1.54, 1.807) is 12.1 Å². The summed E-state index contributed by atoms with van der Waals surface area (Å²) < 4.78 is 18.8. The Kier molecular flexibility index (Phi) is 3.95. The van der Waals surface area contributed by atoms with Gasteiger partial charge in [0.2, 0.25) is 0 Å². The van der Waals surface area contributed by atoms with Crippen LogP contribution in [0, 0.1) is 12.7 Å². The van der Waals surface area contributed by atoms with E-state index >= 15 is 0 Å². The van der Waals surface area contributed by atoms with Gasteiger partial charge in [0.05, 0.1) is 0 Å². The van der Waals surface area contributed by atoms with Crippen LogP contribution in [0.1, 0.15) is 11.1 Å². The number of halogens is 1. The van der Waals surface area contributed by atoms with Crippen molar-refractivity contribution in [2.45, 2.75) is 13.5 Å². The first kappa shape index (κ1) is 12.6. The van der Waals surface area contributed by atoms with Crippen molar-refractivity contribution in [3.63, 3.8) is 0 Å². The summed E-state index contributed by atoms with van der Waals surface area (Å²) in [7, 11) is 1.90. The molecule has 2 nitrogen and oxygen atoms in total. The van der Waals surface area contributed by atoms with Crippen LogP contribution in [0.3, 0.4) is 0 Å². The van der Waals surface area contributed by atoms with Gasteiger partial charge in [0.25, 0.3) is 0 Å². The molecule has 2 aromatic carbocycles. The predicted octanol–water partition coefficient (Wildman–Crippen LogP) is 3.65. The molecular weight excluding hydrogens is 229 g/mol. The molecule has 1 N–H and O–H groups in total. The Balaban J connectivity index is 2.25. The number of nitrogens with one attached hydrogen (secondary N) is 1. The molecule has 0 amide bonds. The Labute approximate surface area is 106 Å². The molecule has 2 rings (SSSR count). The molecule has 0 aromatic heterocycles. The van der Waals surface area contributed by atoms with Crippen LogP contribution in [0.5, 0.6) is 11.5 Å². The lowest BCUT2D eigenvalue weighted by atomic mass is 10.1. The van der Waals surface area contributed by atoms with Crippen molar-refractivity contribution in [2.24, 2.45) is 0 Å². The third-order valence-corrected chi connectivity index (χ3v) is 2.66. The van der Waals surface area contributed by atoms with Crippen LogP contribution in [-0.4, -0.2) is 7.05 Å². The normalized spacial score (nSPS) is 10.4. The maximum Gasteiger partial charge on any atom is 0.130 e. The van der Waals surface area contributed by atoms with Gasteiger partial charge in [-0.1, -0.05) is 18.2 Å². The third-order valence-electron chi connectivity index (χ3n) is 2.66. The fourth-order valence-corrected chi connectivity index (χ4v) is 1.73. The van der Waals surface area contributed by atoms with Gasteiger partial charge in [-0.2, -0.15) is 0 Å². The van der Waals surface area contributed by atoms with Crippen molar-refractivity contribution in [3.8, 4) is 11.5 Å². The van der Waals surface area contributed by atoms with E-state index in [1.807, 2.05) is 32.2 Å². The van der Waals surface area contributed by atoms with Crippen molar-refractivity contribution in [1.29, 1.82) is 0 Å². The Bertz CT molecular complexity index is 540. The van der Waals surface area contributed by atoms with E-state index in [0.29, 0.717) is 5.75 Å². The van der Waals surface area contributed by atoms with Crippen LogP contribution >= 0.6 is 0 Å². The van der Waals surface area contributed by atoms with E-state index < -0.39 is 0 Å². The summed E-state index contributed by atoms with van der Waals surface area (Å²) in [5.74, 6) is 0.976. The van der Waals surface area contributed by atoms with Crippen LogP contribution in [0.4, 0.5) is 4.39 Å². The summed E-state index contributed by atoms with van der Waals surface area (Å²) in [5.41, 5.74) is 2.16. The van der Waals surface area contributed by atoms with Crippen molar-refractivity contribution in [1.82, 2.24) is 5.32 Å². The van der Waals surface area contributed by atoms with Crippen LogP contribution in [0.15, 0.2) is 42.5 Å². The van der Waals surface area contributed by atoms with Crippen molar-refractivity contribution in [3.05, 3.63) is 59.4 Å². The Morgan fingerprint density at radius 2 is 2.00 bits per heavy atom. The van der Waals surface area contributed by atoms with Gasteiger partial charge >= 0.3 is 0 Å². The summed E-state index contributed by atoms with van der Waals surface area (Å²) in [6.45, 7) is 2.75. The first-order valence-corrected chi connectivity index (χ1v) is 5.86. The summed E-state index contributed by atoms with van der Waals surface area (Å²) in [6, 6.07) is 12.2. The molecule has 3 heteroatoms. The molecule has 0 aliphatic heterocycles. The van der Waals surface area contributed by atoms with Crippen LogP contribution < -0.4 is 10.1 Å². The first-order chi connectivity index (χ1) is 8.69. The molecule has 0 atom stereocenters. The largest absolute Gasteiger partial charge is 0.457 e. The topological polar surface area (TPSA) is 21.3 Å². The van der Waals surface area contributed by atoms with Gasteiger partial charge in [0.15, 0.2) is 0 Å². The number of hydrogen-bond acceptors (Lipinski definition) is 2. The second-order valence-corrected chi connectivity index (χ2v) is 4.19. The van der Waals surface area contributed by atoms with Gasteiger partial charge in [-0.05, 0) is 43.3 Å². The van der Waals surface area contributed by atoms with Gasteiger partial charge in [-0.25, -0.2) is 4.39 Å². The second kappa shape index (κ2) is 5.65. The average Bonchev–Trinajstić information content (AvgIpc) is 2.34. The molecule has 0 aliphatic rings. The SMILES string of the molecule is CNCc1ccc(C)c(Oc2cccc(F)c2)c1. The van der Waals surface area contributed by atoms with Gasteiger partial charge in [-0.3, -0.25) is 0 Å². The first-order valence-electron chi connectivity index (χ1n) is 5.86. The van der Waals surface area contributed by atoms with E-state index in [2.05, 4.69) is 5.32 Å². The minimum atomic E-state index is -0.295. The third kappa shape index (κ3) is 3.08. The minimum absolute atomic E-state index is 0.295. The molecule has 18 heavy (non-hydrogen) atoms. The van der Waals surface area contributed by atoms with E-state index in [9.17, 15) is 4.39 Å². The number of ether oxygens (including phenoxy) is 1. The smallest absolute Gasteiger partial charge is 0.130 e. The second-order valence-electron chi connectivity index (χ2n) is 4.19. The highest BCUT2D eigenvalue weighted by Gasteiger charge is 2.04. The zero-order valence-corrected chi connectivity index (χ0v) is 10.5. The van der Waals surface area contributed by atoms with Crippen molar-refractivity contribution >= 4 is 0 Å². The lowest BCUT2D eigenvalue weighted by Gasteiger charge is -2.10. The van der Waals surface area contributed by atoms with Gasteiger partial charge in [-0.15, -0.1) is 0 Å². The predicted molar refractivity (Wildman–Crippen MR) is 70.4 cm³/mol. The Morgan fingerprint density at radius 1 is 1.17 bits per heavy atom. The molecule has 0 heterocycles. The Morgan fingerprint density at radius 3 is 2.72 bits per heavy atom. The fraction of sp³-hybridized carbons (Fsp3) is 0.200. The fourth-order valence-electron chi connectivity index (χ4n) is 1.73. The van der Waals surface area contributed by atoms with E-state index in [1.165, 1.54) is 12.1 Å².